The van der Waals surface area contributed by atoms with Crippen LogP contribution in [0.15, 0.2) is 42.5 Å². The van der Waals surface area contributed by atoms with Gasteiger partial charge in [0.15, 0.2) is 0 Å². The van der Waals surface area contributed by atoms with Crippen molar-refractivity contribution < 1.29 is 4.79 Å². The highest BCUT2D eigenvalue weighted by Crippen LogP contribution is 2.21. The normalized spacial score (nSPS) is 10.1. The first-order chi connectivity index (χ1) is 8.58. The van der Waals surface area contributed by atoms with Crippen LogP contribution in [0.1, 0.15) is 15.9 Å². The summed E-state index contributed by atoms with van der Waals surface area (Å²) in [5, 5.41) is 3.43. The standard InChI is InChI=1S/C14H13ClN2O/c1-9-12(16)3-2-4-13(9)17-14(18)10-5-7-11(15)8-6-10/h2-8H,16H2,1H3,(H,17,18). The lowest BCUT2D eigenvalue weighted by molar-refractivity contribution is 0.102. The third-order valence-corrected chi connectivity index (χ3v) is 2.98. The molecule has 0 spiro atoms. The maximum Gasteiger partial charge on any atom is 0.255 e. The molecule has 0 aliphatic rings. The van der Waals surface area contributed by atoms with E-state index in [-0.39, 0.29) is 5.91 Å². The number of nitrogen functional groups attached to an aromatic ring is 1. The average Bonchev–Trinajstić information content (AvgIpc) is 2.36. The van der Waals surface area contributed by atoms with E-state index < -0.39 is 0 Å². The Kier molecular flexibility index (Phi) is 3.53. The van der Waals surface area contributed by atoms with E-state index in [9.17, 15) is 4.79 Å². The molecule has 0 heterocycles. The Balaban J connectivity index is 2.21. The average molecular weight is 261 g/mol. The number of carbonyl (C=O) groups is 1. The Morgan fingerprint density at radius 1 is 1.17 bits per heavy atom. The summed E-state index contributed by atoms with van der Waals surface area (Å²) in [5.74, 6) is -0.180. The molecular weight excluding hydrogens is 248 g/mol. The molecule has 0 aliphatic heterocycles. The Bertz CT molecular complexity index is 579. The van der Waals surface area contributed by atoms with Gasteiger partial charge in [0, 0.05) is 22.0 Å². The molecule has 4 heteroatoms. The van der Waals surface area contributed by atoms with Crippen LogP contribution in [0, 0.1) is 6.92 Å². The molecular formula is C14H13ClN2O. The quantitative estimate of drug-likeness (QED) is 0.812. The highest BCUT2D eigenvalue weighted by Gasteiger charge is 2.08. The molecule has 3 nitrogen and oxygen atoms in total. The molecule has 2 aromatic carbocycles. The number of rotatable bonds is 2. The van der Waals surface area contributed by atoms with Crippen molar-refractivity contribution in [2.24, 2.45) is 0 Å². The lowest BCUT2D eigenvalue weighted by Gasteiger charge is -2.10. The van der Waals surface area contributed by atoms with Crippen LogP contribution in [0.3, 0.4) is 0 Å². The molecule has 0 fully saturated rings. The minimum Gasteiger partial charge on any atom is -0.398 e. The van der Waals surface area contributed by atoms with Gasteiger partial charge in [0.1, 0.15) is 0 Å². The zero-order valence-corrected chi connectivity index (χ0v) is 10.7. The number of amides is 1. The minimum atomic E-state index is -0.180. The van der Waals surface area contributed by atoms with Gasteiger partial charge in [-0.25, -0.2) is 0 Å². The summed E-state index contributed by atoms with van der Waals surface area (Å²) in [5.41, 5.74) is 8.58. The van der Waals surface area contributed by atoms with Gasteiger partial charge in [-0.1, -0.05) is 17.7 Å². The summed E-state index contributed by atoms with van der Waals surface area (Å²) >= 11 is 5.77. The van der Waals surface area contributed by atoms with Crippen molar-refractivity contribution in [3.63, 3.8) is 0 Å². The van der Waals surface area contributed by atoms with E-state index in [2.05, 4.69) is 5.32 Å². The van der Waals surface area contributed by atoms with Gasteiger partial charge < -0.3 is 11.1 Å². The number of carbonyl (C=O) groups excluding carboxylic acids is 1. The predicted molar refractivity (Wildman–Crippen MR) is 75.0 cm³/mol. The van der Waals surface area contributed by atoms with E-state index in [1.54, 1.807) is 36.4 Å². The Morgan fingerprint density at radius 2 is 1.83 bits per heavy atom. The molecule has 2 aromatic rings. The Hall–Kier alpha value is -2.00. The molecule has 92 valence electrons. The summed E-state index contributed by atoms with van der Waals surface area (Å²) in [6.07, 6.45) is 0. The molecule has 0 radical (unpaired) electrons. The minimum absolute atomic E-state index is 0.180. The fourth-order valence-corrected chi connectivity index (χ4v) is 1.71. The van der Waals surface area contributed by atoms with Gasteiger partial charge in [-0.3, -0.25) is 4.79 Å². The van der Waals surface area contributed by atoms with Crippen LogP contribution >= 0.6 is 11.6 Å². The number of hydrogen-bond donors (Lipinski definition) is 2. The Labute approximate surface area is 111 Å². The van der Waals surface area contributed by atoms with E-state index in [1.807, 2.05) is 13.0 Å². The summed E-state index contributed by atoms with van der Waals surface area (Å²) in [6.45, 7) is 1.87. The second-order valence-electron chi connectivity index (χ2n) is 3.98. The molecule has 2 rings (SSSR count). The third kappa shape index (κ3) is 2.63. The zero-order valence-electron chi connectivity index (χ0n) is 9.91. The highest BCUT2D eigenvalue weighted by atomic mass is 35.5. The monoisotopic (exact) mass is 260 g/mol. The second kappa shape index (κ2) is 5.10. The number of nitrogens with two attached hydrogens (primary N) is 1. The SMILES string of the molecule is Cc1c(N)cccc1NC(=O)c1ccc(Cl)cc1. The second-order valence-corrected chi connectivity index (χ2v) is 4.42. The summed E-state index contributed by atoms with van der Waals surface area (Å²) in [4.78, 5) is 12.0. The maximum atomic E-state index is 12.0. The molecule has 0 saturated carbocycles. The first-order valence-corrected chi connectivity index (χ1v) is 5.88. The van der Waals surface area contributed by atoms with Crippen LogP contribution in [0.5, 0.6) is 0 Å². The van der Waals surface area contributed by atoms with Gasteiger partial charge >= 0.3 is 0 Å². The van der Waals surface area contributed by atoms with Gasteiger partial charge in [-0.05, 0) is 48.9 Å². The predicted octanol–water partition coefficient (Wildman–Crippen LogP) is 3.48. The first kappa shape index (κ1) is 12.5. The Morgan fingerprint density at radius 3 is 2.50 bits per heavy atom. The third-order valence-electron chi connectivity index (χ3n) is 2.73. The number of benzene rings is 2. The number of halogens is 1. The number of hydrogen-bond acceptors (Lipinski definition) is 2. The van der Waals surface area contributed by atoms with E-state index in [0.717, 1.165) is 11.3 Å². The molecule has 1 amide bonds. The molecule has 0 bridgehead atoms. The van der Waals surface area contributed by atoms with Gasteiger partial charge in [0.2, 0.25) is 0 Å². The molecule has 0 saturated heterocycles. The molecule has 0 atom stereocenters. The van der Waals surface area contributed by atoms with E-state index in [1.165, 1.54) is 0 Å². The van der Waals surface area contributed by atoms with Gasteiger partial charge in [0.05, 0.1) is 0 Å². The van der Waals surface area contributed by atoms with Crippen molar-refractivity contribution in [2.45, 2.75) is 6.92 Å². The van der Waals surface area contributed by atoms with Crippen LogP contribution in [-0.2, 0) is 0 Å². The van der Waals surface area contributed by atoms with Crippen molar-refractivity contribution in [1.29, 1.82) is 0 Å². The number of anilines is 2. The van der Waals surface area contributed by atoms with Crippen molar-refractivity contribution in [2.75, 3.05) is 11.1 Å². The maximum absolute atomic E-state index is 12.0. The topological polar surface area (TPSA) is 55.1 Å². The molecule has 3 N–H and O–H groups in total. The first-order valence-electron chi connectivity index (χ1n) is 5.50. The number of nitrogens with one attached hydrogen (secondary N) is 1. The lowest BCUT2D eigenvalue weighted by atomic mass is 10.1. The van der Waals surface area contributed by atoms with Crippen molar-refractivity contribution in [1.82, 2.24) is 0 Å². The molecule has 0 aliphatic carbocycles. The highest BCUT2D eigenvalue weighted by molar-refractivity contribution is 6.30. The van der Waals surface area contributed by atoms with Gasteiger partial charge in [-0.15, -0.1) is 0 Å². The van der Waals surface area contributed by atoms with Crippen LogP contribution in [-0.4, -0.2) is 5.91 Å². The van der Waals surface area contributed by atoms with Gasteiger partial charge in [-0.2, -0.15) is 0 Å². The zero-order chi connectivity index (χ0) is 13.1. The van der Waals surface area contributed by atoms with E-state index in [4.69, 9.17) is 17.3 Å². The fourth-order valence-electron chi connectivity index (χ4n) is 1.58. The van der Waals surface area contributed by atoms with Gasteiger partial charge in [0.25, 0.3) is 5.91 Å². The van der Waals surface area contributed by atoms with E-state index >= 15 is 0 Å². The van der Waals surface area contributed by atoms with Crippen LogP contribution in [0.25, 0.3) is 0 Å². The largest absolute Gasteiger partial charge is 0.398 e. The van der Waals surface area contributed by atoms with Crippen molar-refractivity contribution in [3.8, 4) is 0 Å². The van der Waals surface area contributed by atoms with Crippen LogP contribution < -0.4 is 11.1 Å². The molecule has 0 unspecified atom stereocenters. The summed E-state index contributed by atoms with van der Waals surface area (Å²) < 4.78 is 0. The van der Waals surface area contributed by atoms with Crippen molar-refractivity contribution in [3.05, 3.63) is 58.6 Å². The summed E-state index contributed by atoms with van der Waals surface area (Å²) in [6, 6.07) is 12.1. The lowest BCUT2D eigenvalue weighted by Crippen LogP contribution is -2.13. The van der Waals surface area contributed by atoms with Crippen molar-refractivity contribution >= 4 is 28.9 Å². The molecule has 0 aromatic heterocycles. The smallest absolute Gasteiger partial charge is 0.255 e. The summed E-state index contributed by atoms with van der Waals surface area (Å²) in [7, 11) is 0. The van der Waals surface area contributed by atoms with Crippen LogP contribution in [0.2, 0.25) is 5.02 Å². The van der Waals surface area contributed by atoms with Crippen LogP contribution in [0.4, 0.5) is 11.4 Å². The molecule has 18 heavy (non-hydrogen) atoms. The van der Waals surface area contributed by atoms with E-state index in [0.29, 0.717) is 16.3 Å². The fraction of sp³-hybridized carbons (Fsp3) is 0.0714.